The zero-order chi connectivity index (χ0) is 14.6. The van der Waals surface area contributed by atoms with Crippen molar-refractivity contribution in [2.24, 2.45) is 5.73 Å². The third-order valence-corrected chi connectivity index (χ3v) is 3.56. The van der Waals surface area contributed by atoms with Crippen molar-refractivity contribution in [3.05, 3.63) is 23.8 Å². The fourth-order valence-electron chi connectivity index (χ4n) is 1.29. The largest absolute Gasteiger partial charge is 0.496 e. The van der Waals surface area contributed by atoms with Crippen LogP contribution in [0.15, 0.2) is 23.1 Å². The van der Waals surface area contributed by atoms with E-state index in [9.17, 15) is 18.0 Å². The van der Waals surface area contributed by atoms with Gasteiger partial charge in [-0.15, -0.1) is 0 Å². The highest BCUT2D eigenvalue weighted by Crippen LogP contribution is 2.21. The molecule has 0 saturated heterocycles. The van der Waals surface area contributed by atoms with Gasteiger partial charge in [0.25, 0.3) is 5.91 Å². The van der Waals surface area contributed by atoms with Gasteiger partial charge in [0.1, 0.15) is 12.3 Å². The average Bonchev–Trinajstić information content (AvgIpc) is 2.35. The van der Waals surface area contributed by atoms with Crippen LogP contribution >= 0.6 is 0 Å². The zero-order valence-electron chi connectivity index (χ0n) is 9.91. The first-order chi connectivity index (χ1) is 8.77. The lowest BCUT2D eigenvalue weighted by molar-refractivity contribution is -0.135. The van der Waals surface area contributed by atoms with Crippen molar-refractivity contribution in [1.29, 1.82) is 0 Å². The van der Waals surface area contributed by atoms with Gasteiger partial charge in [0.2, 0.25) is 10.0 Å². The second-order valence-electron chi connectivity index (χ2n) is 3.44. The third kappa shape index (κ3) is 3.66. The number of rotatable bonds is 6. The third-order valence-electron chi connectivity index (χ3n) is 2.16. The summed E-state index contributed by atoms with van der Waals surface area (Å²) in [6.07, 6.45) is 0. The molecule has 4 N–H and O–H groups in total. The summed E-state index contributed by atoms with van der Waals surface area (Å²) in [7, 11) is -2.73. The van der Waals surface area contributed by atoms with Crippen LogP contribution < -0.4 is 15.2 Å². The Labute approximate surface area is 109 Å². The molecule has 0 atom stereocenters. The topological polar surface area (TPSA) is 136 Å². The molecule has 9 heteroatoms. The van der Waals surface area contributed by atoms with Crippen molar-refractivity contribution in [3.63, 3.8) is 0 Å². The highest BCUT2D eigenvalue weighted by molar-refractivity contribution is 7.89. The number of methoxy groups -OCH3 is 1. The van der Waals surface area contributed by atoms with Gasteiger partial charge in [-0.1, -0.05) is 0 Å². The summed E-state index contributed by atoms with van der Waals surface area (Å²) in [6, 6.07) is 3.45. The predicted octanol–water partition coefficient (Wildman–Crippen LogP) is -0.843. The van der Waals surface area contributed by atoms with Gasteiger partial charge in [-0.2, -0.15) is 4.72 Å². The number of carbonyl (C=O) groups is 2. The van der Waals surface area contributed by atoms with Crippen molar-refractivity contribution in [1.82, 2.24) is 4.72 Å². The molecule has 0 aliphatic carbocycles. The van der Waals surface area contributed by atoms with Crippen molar-refractivity contribution >= 4 is 21.9 Å². The van der Waals surface area contributed by atoms with Gasteiger partial charge in [0.05, 0.1) is 17.6 Å². The van der Waals surface area contributed by atoms with Gasteiger partial charge < -0.3 is 15.6 Å². The number of hydrogen-bond donors (Lipinski definition) is 3. The van der Waals surface area contributed by atoms with E-state index >= 15 is 0 Å². The van der Waals surface area contributed by atoms with Crippen LogP contribution in [0.5, 0.6) is 5.75 Å². The van der Waals surface area contributed by atoms with Gasteiger partial charge in [0, 0.05) is 0 Å². The predicted molar refractivity (Wildman–Crippen MR) is 64.3 cm³/mol. The first-order valence-corrected chi connectivity index (χ1v) is 6.45. The summed E-state index contributed by atoms with van der Waals surface area (Å²) in [5.41, 5.74) is 4.99. The molecule has 1 amide bonds. The number of carbonyl (C=O) groups excluding carboxylic acids is 1. The summed E-state index contributed by atoms with van der Waals surface area (Å²) in [4.78, 5) is 21.2. The molecule has 1 aromatic rings. The van der Waals surface area contributed by atoms with Crippen molar-refractivity contribution in [2.75, 3.05) is 13.7 Å². The van der Waals surface area contributed by atoms with E-state index in [0.29, 0.717) is 0 Å². The quantitative estimate of drug-likeness (QED) is 0.624. The van der Waals surface area contributed by atoms with E-state index in [1.165, 1.54) is 19.2 Å². The number of sulfonamides is 1. The van der Waals surface area contributed by atoms with Crippen molar-refractivity contribution in [3.8, 4) is 5.75 Å². The summed E-state index contributed by atoms with van der Waals surface area (Å²) < 4.78 is 30.2. The average molecular weight is 288 g/mol. The van der Waals surface area contributed by atoms with Gasteiger partial charge >= 0.3 is 5.97 Å². The summed E-state index contributed by atoms with van der Waals surface area (Å²) in [5, 5.41) is 8.43. The lowest BCUT2D eigenvalue weighted by Gasteiger charge is -2.09. The smallest absolute Gasteiger partial charge is 0.318 e. The molecule has 19 heavy (non-hydrogen) atoms. The molecule has 8 nitrogen and oxygen atoms in total. The van der Waals surface area contributed by atoms with Crippen LogP contribution in [-0.4, -0.2) is 39.1 Å². The van der Waals surface area contributed by atoms with Crippen LogP contribution in [-0.2, 0) is 14.8 Å². The molecule has 0 aliphatic heterocycles. The fraction of sp³-hybridized carbons (Fsp3) is 0.200. The van der Waals surface area contributed by atoms with Gasteiger partial charge in [-0.05, 0) is 18.2 Å². The van der Waals surface area contributed by atoms with Crippen LogP contribution in [0.1, 0.15) is 10.4 Å². The Balaban J connectivity index is 3.18. The summed E-state index contributed by atoms with van der Waals surface area (Å²) >= 11 is 0. The number of aliphatic carboxylic acids is 1. The maximum atomic E-state index is 11.7. The highest BCUT2D eigenvalue weighted by Gasteiger charge is 2.19. The number of hydrogen-bond acceptors (Lipinski definition) is 5. The molecule has 0 bridgehead atoms. The van der Waals surface area contributed by atoms with E-state index in [1.54, 1.807) is 0 Å². The molecule has 0 radical (unpaired) electrons. The Morgan fingerprint density at radius 3 is 2.53 bits per heavy atom. The molecule has 0 aromatic heterocycles. The Morgan fingerprint density at radius 2 is 2.05 bits per heavy atom. The number of carboxylic acid groups (broad SMARTS) is 1. The van der Waals surface area contributed by atoms with Gasteiger partial charge in [0.15, 0.2) is 0 Å². The number of nitrogens with one attached hydrogen (secondary N) is 1. The van der Waals surface area contributed by atoms with Crippen LogP contribution in [0.25, 0.3) is 0 Å². The minimum Gasteiger partial charge on any atom is -0.496 e. The van der Waals surface area contributed by atoms with E-state index in [0.717, 1.165) is 6.07 Å². The Hall–Kier alpha value is -2.13. The molecule has 0 heterocycles. The maximum Gasteiger partial charge on any atom is 0.318 e. The first kappa shape index (κ1) is 14.9. The normalized spacial score (nSPS) is 11.0. The highest BCUT2D eigenvalue weighted by atomic mass is 32.2. The minimum atomic E-state index is -4.03. The van der Waals surface area contributed by atoms with E-state index in [4.69, 9.17) is 15.6 Å². The number of primary amides is 1. The molecule has 0 saturated carbocycles. The molecule has 1 aromatic carbocycles. The molecule has 0 spiro atoms. The van der Waals surface area contributed by atoms with Gasteiger partial charge in [-0.3, -0.25) is 9.59 Å². The second kappa shape index (κ2) is 5.67. The molecular weight excluding hydrogens is 276 g/mol. The van der Waals surface area contributed by atoms with E-state index in [2.05, 4.69) is 0 Å². The summed E-state index contributed by atoms with van der Waals surface area (Å²) in [6.45, 7) is -0.764. The molecule has 0 fully saturated rings. The number of carboxylic acids is 1. The van der Waals surface area contributed by atoms with Crippen molar-refractivity contribution < 1.29 is 27.9 Å². The Bertz CT molecular complexity index is 610. The SMILES string of the molecule is COc1ccc(S(=O)(=O)NCC(=O)O)cc1C(N)=O. The molecule has 0 unspecified atom stereocenters. The minimum absolute atomic E-state index is 0.110. The van der Waals surface area contributed by atoms with Crippen LogP contribution in [0.2, 0.25) is 0 Å². The standard InChI is InChI=1S/C10H12N2O6S/c1-18-8-3-2-6(4-7(8)10(11)15)19(16,17)12-5-9(13)14/h2-4,12H,5H2,1H3,(H2,11,15)(H,13,14). The summed E-state index contributed by atoms with van der Waals surface area (Å²) in [5.74, 6) is -2.05. The number of nitrogens with two attached hydrogens (primary N) is 1. The maximum absolute atomic E-state index is 11.7. The molecule has 1 rings (SSSR count). The first-order valence-electron chi connectivity index (χ1n) is 4.97. The van der Waals surface area contributed by atoms with E-state index in [1.807, 2.05) is 4.72 Å². The van der Waals surface area contributed by atoms with E-state index in [-0.39, 0.29) is 16.2 Å². The van der Waals surface area contributed by atoms with Gasteiger partial charge in [-0.25, -0.2) is 8.42 Å². The Kier molecular flexibility index (Phi) is 4.46. The van der Waals surface area contributed by atoms with Crippen molar-refractivity contribution in [2.45, 2.75) is 4.90 Å². The molecular formula is C10H12N2O6S. The Morgan fingerprint density at radius 1 is 1.42 bits per heavy atom. The lowest BCUT2D eigenvalue weighted by Crippen LogP contribution is -2.29. The molecule has 104 valence electrons. The fourth-order valence-corrected chi connectivity index (χ4v) is 2.29. The van der Waals surface area contributed by atoms with Crippen LogP contribution in [0.4, 0.5) is 0 Å². The van der Waals surface area contributed by atoms with Crippen LogP contribution in [0, 0.1) is 0 Å². The monoisotopic (exact) mass is 288 g/mol. The number of amides is 1. The van der Waals surface area contributed by atoms with E-state index < -0.39 is 28.4 Å². The zero-order valence-corrected chi connectivity index (χ0v) is 10.7. The lowest BCUT2D eigenvalue weighted by atomic mass is 10.2. The number of benzene rings is 1. The number of ether oxygens (including phenoxy) is 1. The second-order valence-corrected chi connectivity index (χ2v) is 5.21. The molecule has 0 aliphatic rings. The van der Waals surface area contributed by atoms with Crippen LogP contribution in [0.3, 0.4) is 0 Å².